The maximum Gasteiger partial charge on any atom is 0.0506 e. The monoisotopic (exact) mass is 681 g/mol. The van der Waals surface area contributed by atoms with E-state index in [9.17, 15) is 0 Å². The van der Waals surface area contributed by atoms with Crippen LogP contribution in [0.5, 0.6) is 0 Å². The van der Waals surface area contributed by atoms with Gasteiger partial charge >= 0.3 is 0 Å². The maximum atomic E-state index is 2.72. The van der Waals surface area contributed by atoms with E-state index in [-0.39, 0.29) is 10.8 Å². The van der Waals surface area contributed by atoms with Crippen LogP contribution in [0.4, 0.5) is 17.1 Å². The third-order valence-corrected chi connectivity index (χ3v) is 17.1. The summed E-state index contributed by atoms with van der Waals surface area (Å²) >= 11 is 0. The van der Waals surface area contributed by atoms with Crippen molar-refractivity contribution in [1.82, 2.24) is 0 Å². The SMILES string of the molecule is c1ccc(-c2ccc3c(c2)C24CCC(C2)c2c(-c5ccccc5)ccc(c24)N3c2ccc3c(c2)C2(c4ccccc4-3)C3CC4CC5CC2CC45C3)cc1. The van der Waals surface area contributed by atoms with E-state index in [0.29, 0.717) is 11.3 Å². The zero-order valence-corrected chi connectivity index (χ0v) is 30.2. The lowest BCUT2D eigenvalue weighted by Gasteiger charge is -2.50. The van der Waals surface area contributed by atoms with Crippen LogP contribution in [-0.4, -0.2) is 0 Å². The Morgan fingerprint density at radius 1 is 0.491 bits per heavy atom. The van der Waals surface area contributed by atoms with Gasteiger partial charge in [0.15, 0.2) is 0 Å². The molecule has 1 aliphatic heterocycles. The number of fused-ring (bicyclic) bond motifs is 12. The summed E-state index contributed by atoms with van der Waals surface area (Å²) < 4.78 is 0. The first-order valence-electron chi connectivity index (χ1n) is 20.6. The molecule has 0 radical (unpaired) electrons. The fourth-order valence-corrected chi connectivity index (χ4v) is 15.4. The molecule has 0 N–H and O–H groups in total. The van der Waals surface area contributed by atoms with E-state index in [1.807, 2.05) is 0 Å². The average Bonchev–Trinajstić information content (AvgIpc) is 3.98. The Morgan fingerprint density at radius 2 is 1.17 bits per heavy atom. The number of nitrogens with zero attached hydrogens (tertiary/aromatic N) is 1. The summed E-state index contributed by atoms with van der Waals surface area (Å²) in [5, 5.41) is 0. The highest BCUT2D eigenvalue weighted by atomic mass is 15.2. The van der Waals surface area contributed by atoms with Gasteiger partial charge in [-0.05, 0) is 178 Å². The molecular formula is C52H43N. The molecule has 53 heavy (non-hydrogen) atoms. The van der Waals surface area contributed by atoms with Crippen LogP contribution in [-0.2, 0) is 10.8 Å². The van der Waals surface area contributed by atoms with Gasteiger partial charge in [-0.15, -0.1) is 0 Å². The molecule has 256 valence electrons. The molecule has 1 heterocycles. The first kappa shape index (κ1) is 28.6. The lowest BCUT2D eigenvalue weighted by atomic mass is 9.54. The molecule has 0 aromatic heterocycles. The molecule has 1 nitrogen and oxygen atoms in total. The molecule has 0 saturated heterocycles. The minimum Gasteiger partial charge on any atom is -0.310 e. The number of hydrogen-bond acceptors (Lipinski definition) is 1. The van der Waals surface area contributed by atoms with Gasteiger partial charge in [-0.1, -0.05) is 103 Å². The second kappa shape index (κ2) is 9.43. The topological polar surface area (TPSA) is 3.24 Å². The van der Waals surface area contributed by atoms with Gasteiger partial charge in [-0.2, -0.15) is 0 Å². The number of rotatable bonds is 3. The smallest absolute Gasteiger partial charge is 0.0506 e. The minimum absolute atomic E-state index is 0.0619. The summed E-state index contributed by atoms with van der Waals surface area (Å²) in [6, 6.07) is 52.2. The highest BCUT2D eigenvalue weighted by Gasteiger charge is 2.74. The quantitative estimate of drug-likeness (QED) is 0.180. The summed E-state index contributed by atoms with van der Waals surface area (Å²) in [5.41, 5.74) is 21.7. The standard InChI is InChI=1S/C52H43N/c1-3-9-31(10-4-1)33-15-19-46-45(23-33)50-22-21-34(28-50)48-40(32-11-5-2-6-12-32)18-20-47(49(48)50)53(46)39-16-17-42-41-13-7-8-14-43(41)52(44(42)27-39)37-25-35-24-36-26-38(52)30-51(35,36)29-37/h1-20,23,27,34-38H,21-22,24-26,28-30H2. The van der Waals surface area contributed by atoms with Crippen LogP contribution in [0.3, 0.4) is 0 Å². The van der Waals surface area contributed by atoms with E-state index < -0.39 is 0 Å². The predicted molar refractivity (Wildman–Crippen MR) is 215 cm³/mol. The Morgan fingerprint density at radius 3 is 1.98 bits per heavy atom. The van der Waals surface area contributed by atoms with Crippen LogP contribution in [0.15, 0.2) is 133 Å². The van der Waals surface area contributed by atoms with Crippen molar-refractivity contribution in [2.45, 2.75) is 68.1 Å². The Balaban J connectivity index is 1.02. The van der Waals surface area contributed by atoms with Crippen molar-refractivity contribution in [2.24, 2.45) is 29.1 Å². The normalized spacial score (nSPS) is 33.4. The fraction of sp³-hybridized carbons (Fsp3) is 0.308. The lowest BCUT2D eigenvalue weighted by molar-refractivity contribution is -0.00187. The van der Waals surface area contributed by atoms with Gasteiger partial charge in [0.05, 0.1) is 11.4 Å². The van der Waals surface area contributed by atoms with Crippen LogP contribution in [0.25, 0.3) is 33.4 Å². The summed E-state index contributed by atoms with van der Waals surface area (Å²) in [7, 11) is 0. The summed E-state index contributed by atoms with van der Waals surface area (Å²) in [6.45, 7) is 0. The van der Waals surface area contributed by atoms with Crippen molar-refractivity contribution < 1.29 is 0 Å². The number of anilines is 3. The molecule has 6 atom stereocenters. The van der Waals surface area contributed by atoms with Gasteiger partial charge in [-0.25, -0.2) is 0 Å². The zero-order chi connectivity index (χ0) is 34.3. The lowest BCUT2D eigenvalue weighted by Crippen LogP contribution is -2.45. The third kappa shape index (κ3) is 3.16. The Bertz CT molecular complexity index is 2560. The van der Waals surface area contributed by atoms with Crippen molar-refractivity contribution in [3.63, 3.8) is 0 Å². The van der Waals surface area contributed by atoms with Crippen molar-refractivity contribution >= 4 is 17.1 Å². The van der Waals surface area contributed by atoms with Gasteiger partial charge in [0.2, 0.25) is 0 Å². The first-order chi connectivity index (χ1) is 26.2. The molecule has 6 aromatic rings. The van der Waals surface area contributed by atoms with Crippen molar-refractivity contribution in [2.75, 3.05) is 4.90 Å². The molecule has 3 spiro atoms. The van der Waals surface area contributed by atoms with Crippen molar-refractivity contribution in [3.05, 3.63) is 161 Å². The second-order valence-electron chi connectivity index (χ2n) is 18.5. The molecular weight excluding hydrogens is 639 g/mol. The van der Waals surface area contributed by atoms with Crippen molar-refractivity contribution in [3.8, 4) is 33.4 Å². The van der Waals surface area contributed by atoms with Crippen LogP contribution >= 0.6 is 0 Å². The Kier molecular flexibility index (Phi) is 5.09. The molecule has 5 bridgehead atoms. The second-order valence-corrected chi connectivity index (χ2v) is 18.5. The molecule has 8 aliphatic rings. The molecule has 5 fully saturated rings. The minimum atomic E-state index is 0.0619. The first-order valence-corrected chi connectivity index (χ1v) is 20.6. The van der Waals surface area contributed by atoms with Gasteiger partial charge < -0.3 is 4.90 Å². The van der Waals surface area contributed by atoms with Gasteiger partial charge in [0, 0.05) is 16.5 Å². The molecule has 6 unspecified atom stereocenters. The Hall–Kier alpha value is -4.88. The molecule has 5 saturated carbocycles. The van der Waals surface area contributed by atoms with Gasteiger partial charge in [0.25, 0.3) is 0 Å². The van der Waals surface area contributed by atoms with Gasteiger partial charge in [0.1, 0.15) is 0 Å². The van der Waals surface area contributed by atoms with Crippen LogP contribution in [0, 0.1) is 29.1 Å². The van der Waals surface area contributed by atoms with E-state index in [2.05, 4.69) is 138 Å². The third-order valence-electron chi connectivity index (χ3n) is 17.1. The summed E-state index contributed by atoms with van der Waals surface area (Å²) in [6.07, 6.45) is 11.1. The zero-order valence-electron chi connectivity index (χ0n) is 30.2. The van der Waals surface area contributed by atoms with E-state index in [1.165, 1.54) is 102 Å². The molecule has 7 aliphatic carbocycles. The van der Waals surface area contributed by atoms with Crippen LogP contribution in [0.1, 0.15) is 85.1 Å². The summed E-state index contributed by atoms with van der Waals surface area (Å²) in [5.74, 6) is 4.10. The molecule has 0 amide bonds. The number of benzene rings is 6. The van der Waals surface area contributed by atoms with E-state index in [1.54, 1.807) is 27.8 Å². The Labute approximate surface area is 312 Å². The summed E-state index contributed by atoms with van der Waals surface area (Å²) in [4.78, 5) is 2.72. The van der Waals surface area contributed by atoms with Crippen LogP contribution in [0.2, 0.25) is 0 Å². The van der Waals surface area contributed by atoms with Gasteiger partial charge in [-0.3, -0.25) is 0 Å². The maximum absolute atomic E-state index is 2.72. The fourth-order valence-electron chi connectivity index (χ4n) is 15.4. The highest BCUT2D eigenvalue weighted by molar-refractivity contribution is 5.94. The highest BCUT2D eigenvalue weighted by Crippen LogP contribution is 2.82. The van der Waals surface area contributed by atoms with Crippen molar-refractivity contribution in [1.29, 1.82) is 0 Å². The van der Waals surface area contributed by atoms with E-state index in [0.717, 1.165) is 23.7 Å². The molecule has 14 rings (SSSR count). The average molecular weight is 682 g/mol. The molecule has 1 heteroatoms. The van der Waals surface area contributed by atoms with E-state index >= 15 is 0 Å². The predicted octanol–water partition coefficient (Wildman–Crippen LogP) is 13.1. The molecule has 6 aromatic carbocycles. The number of hydrogen-bond donors (Lipinski definition) is 0. The largest absolute Gasteiger partial charge is 0.310 e. The van der Waals surface area contributed by atoms with Crippen LogP contribution < -0.4 is 4.90 Å². The van der Waals surface area contributed by atoms with E-state index in [4.69, 9.17) is 0 Å².